The summed E-state index contributed by atoms with van der Waals surface area (Å²) in [6.07, 6.45) is -2.53. The normalized spacial score (nSPS) is 16.8. The minimum absolute atomic E-state index is 0.00981. The Morgan fingerprint density at radius 2 is 1.89 bits per heavy atom. The largest absolute Gasteiger partial charge is 0.416 e. The summed E-state index contributed by atoms with van der Waals surface area (Å²) in [6.45, 7) is 1.63. The van der Waals surface area contributed by atoms with Crippen molar-refractivity contribution in [3.63, 3.8) is 0 Å². The molecule has 0 saturated carbocycles. The van der Waals surface area contributed by atoms with Gasteiger partial charge in [-0.1, -0.05) is 6.07 Å². The van der Waals surface area contributed by atoms with Crippen LogP contribution in [0.4, 0.5) is 13.2 Å². The molecular formula is C13H15F3N2O. The first-order valence-corrected chi connectivity index (χ1v) is 6.11. The third-order valence-electron chi connectivity index (χ3n) is 3.33. The molecule has 0 bridgehead atoms. The molecule has 2 rings (SSSR count). The summed E-state index contributed by atoms with van der Waals surface area (Å²) in [4.78, 5) is 13.2. The Hall–Kier alpha value is -1.56. The lowest BCUT2D eigenvalue weighted by molar-refractivity contribution is -0.138. The van der Waals surface area contributed by atoms with Crippen molar-refractivity contribution in [1.29, 1.82) is 0 Å². The molecule has 3 nitrogen and oxygen atoms in total. The van der Waals surface area contributed by atoms with Crippen LogP contribution in [0.3, 0.4) is 0 Å². The van der Waals surface area contributed by atoms with E-state index < -0.39 is 17.6 Å². The van der Waals surface area contributed by atoms with Crippen molar-refractivity contribution in [3.8, 4) is 0 Å². The molecule has 1 fully saturated rings. The molecule has 1 aliphatic rings. The first kappa shape index (κ1) is 13.9. The Bertz CT molecular complexity index is 479. The monoisotopic (exact) mass is 272 g/mol. The number of halogens is 3. The molecule has 6 heteroatoms. The van der Waals surface area contributed by atoms with E-state index in [9.17, 15) is 18.0 Å². The number of likely N-dealkylation sites (tertiary alicyclic amines) is 1. The fraction of sp³-hybridized carbons (Fsp3) is 0.462. The van der Waals surface area contributed by atoms with Crippen molar-refractivity contribution in [2.75, 3.05) is 13.1 Å². The van der Waals surface area contributed by atoms with Gasteiger partial charge in [0.2, 0.25) is 5.91 Å². The van der Waals surface area contributed by atoms with Crippen LogP contribution in [0.25, 0.3) is 0 Å². The van der Waals surface area contributed by atoms with E-state index in [1.807, 2.05) is 4.90 Å². The summed E-state index contributed by atoms with van der Waals surface area (Å²) in [5.41, 5.74) is 4.36. The molecule has 2 N–H and O–H groups in total. The lowest BCUT2D eigenvalue weighted by atomic mass is 9.99. The molecule has 1 aromatic rings. The second-order valence-electron chi connectivity index (χ2n) is 4.68. The summed E-state index contributed by atoms with van der Waals surface area (Å²) in [5.74, 6) is -0.819. The highest BCUT2D eigenvalue weighted by Crippen LogP contribution is 2.34. The highest BCUT2D eigenvalue weighted by molar-refractivity contribution is 5.94. The Kier molecular flexibility index (Phi) is 3.80. The fourth-order valence-electron chi connectivity index (χ4n) is 2.42. The van der Waals surface area contributed by atoms with Gasteiger partial charge in [-0.2, -0.15) is 13.2 Å². The molecule has 19 heavy (non-hydrogen) atoms. The van der Waals surface area contributed by atoms with Crippen molar-refractivity contribution in [1.82, 2.24) is 4.90 Å². The number of amides is 1. The molecule has 0 unspecified atom stereocenters. The highest BCUT2D eigenvalue weighted by atomic mass is 19.4. The van der Waals surface area contributed by atoms with Crippen molar-refractivity contribution in [2.24, 2.45) is 5.73 Å². The predicted molar refractivity (Wildman–Crippen MR) is 64.5 cm³/mol. The van der Waals surface area contributed by atoms with Crippen LogP contribution in [0, 0.1) is 0 Å². The number of benzene rings is 1. The first-order valence-electron chi connectivity index (χ1n) is 6.11. The van der Waals surface area contributed by atoms with Crippen LogP contribution in [0.5, 0.6) is 0 Å². The van der Waals surface area contributed by atoms with Gasteiger partial charge in [0.15, 0.2) is 0 Å². The van der Waals surface area contributed by atoms with E-state index in [4.69, 9.17) is 5.73 Å². The first-order chi connectivity index (χ1) is 8.89. The zero-order valence-electron chi connectivity index (χ0n) is 10.3. The van der Waals surface area contributed by atoms with Crippen molar-refractivity contribution in [2.45, 2.75) is 25.6 Å². The molecular weight excluding hydrogens is 257 g/mol. The number of primary amides is 1. The van der Waals surface area contributed by atoms with E-state index in [0.29, 0.717) is 0 Å². The van der Waals surface area contributed by atoms with Crippen LogP contribution in [0.15, 0.2) is 18.2 Å². The predicted octanol–water partition coefficient (Wildman–Crippen LogP) is 2.40. The molecule has 0 radical (unpaired) electrons. The maximum absolute atomic E-state index is 13.0. The van der Waals surface area contributed by atoms with Gasteiger partial charge in [-0.15, -0.1) is 0 Å². The van der Waals surface area contributed by atoms with Crippen LogP contribution in [0.1, 0.15) is 34.3 Å². The van der Waals surface area contributed by atoms with Gasteiger partial charge < -0.3 is 5.73 Å². The Balaban J connectivity index is 2.43. The number of nitrogens with zero attached hydrogens (tertiary/aromatic N) is 1. The van der Waals surface area contributed by atoms with E-state index in [1.165, 1.54) is 12.1 Å². The van der Waals surface area contributed by atoms with Gasteiger partial charge in [-0.05, 0) is 43.6 Å². The lowest BCUT2D eigenvalue weighted by Crippen LogP contribution is -2.25. The smallest absolute Gasteiger partial charge is 0.366 e. The minimum Gasteiger partial charge on any atom is -0.366 e. The summed E-state index contributed by atoms with van der Waals surface area (Å²) in [6, 6.07) is 3.57. The maximum Gasteiger partial charge on any atom is 0.416 e. The molecule has 1 aliphatic heterocycles. The number of alkyl halides is 3. The van der Waals surface area contributed by atoms with Gasteiger partial charge >= 0.3 is 6.18 Å². The fourth-order valence-corrected chi connectivity index (χ4v) is 2.42. The van der Waals surface area contributed by atoms with E-state index in [-0.39, 0.29) is 17.7 Å². The average molecular weight is 272 g/mol. The van der Waals surface area contributed by atoms with Gasteiger partial charge in [0.05, 0.1) is 5.56 Å². The highest BCUT2D eigenvalue weighted by Gasteiger charge is 2.35. The molecule has 1 aromatic carbocycles. The van der Waals surface area contributed by atoms with Gasteiger partial charge in [0.25, 0.3) is 0 Å². The van der Waals surface area contributed by atoms with Crippen molar-refractivity contribution < 1.29 is 18.0 Å². The number of nitrogens with two attached hydrogens (primary N) is 1. The SMILES string of the molecule is NC(=O)c1cccc(C(F)(F)F)c1CN1CCCC1. The zero-order chi connectivity index (χ0) is 14.0. The Morgan fingerprint density at radius 1 is 1.26 bits per heavy atom. The molecule has 0 atom stereocenters. The molecule has 0 aromatic heterocycles. The molecule has 0 aliphatic carbocycles. The molecule has 1 saturated heterocycles. The van der Waals surface area contributed by atoms with Crippen LogP contribution < -0.4 is 5.73 Å². The summed E-state index contributed by atoms with van der Waals surface area (Å²) < 4.78 is 39.0. The number of hydrogen-bond donors (Lipinski definition) is 1. The third-order valence-corrected chi connectivity index (χ3v) is 3.33. The van der Waals surface area contributed by atoms with E-state index >= 15 is 0 Å². The summed E-state index contributed by atoms with van der Waals surface area (Å²) >= 11 is 0. The van der Waals surface area contributed by atoms with Crippen molar-refractivity contribution >= 4 is 5.91 Å². The van der Waals surface area contributed by atoms with Crippen LogP contribution in [-0.2, 0) is 12.7 Å². The topological polar surface area (TPSA) is 46.3 Å². The van der Waals surface area contributed by atoms with E-state index in [1.54, 1.807) is 0 Å². The number of carbonyl (C=O) groups excluding carboxylic acids is 1. The van der Waals surface area contributed by atoms with Crippen LogP contribution in [-0.4, -0.2) is 23.9 Å². The zero-order valence-corrected chi connectivity index (χ0v) is 10.3. The van der Waals surface area contributed by atoms with Crippen LogP contribution in [0.2, 0.25) is 0 Å². The molecule has 0 spiro atoms. The standard InChI is InChI=1S/C13H15F3N2O/c14-13(15,16)11-5-3-4-9(12(17)19)10(11)8-18-6-1-2-7-18/h3-5H,1-2,6-8H2,(H2,17,19). The van der Waals surface area contributed by atoms with Crippen LogP contribution >= 0.6 is 0 Å². The van der Waals surface area contributed by atoms with E-state index in [0.717, 1.165) is 32.0 Å². The maximum atomic E-state index is 13.0. The third kappa shape index (κ3) is 3.07. The van der Waals surface area contributed by atoms with Gasteiger partial charge in [-0.25, -0.2) is 0 Å². The average Bonchev–Trinajstić information content (AvgIpc) is 2.80. The number of hydrogen-bond acceptors (Lipinski definition) is 2. The lowest BCUT2D eigenvalue weighted by Gasteiger charge is -2.20. The summed E-state index contributed by atoms with van der Waals surface area (Å²) in [7, 11) is 0. The quantitative estimate of drug-likeness (QED) is 0.918. The Labute approximate surface area is 109 Å². The van der Waals surface area contributed by atoms with Gasteiger partial charge in [-0.3, -0.25) is 9.69 Å². The van der Waals surface area contributed by atoms with Crippen molar-refractivity contribution in [3.05, 3.63) is 34.9 Å². The number of rotatable bonds is 3. The Morgan fingerprint density at radius 3 is 2.42 bits per heavy atom. The molecule has 104 valence electrons. The molecule has 1 heterocycles. The van der Waals surface area contributed by atoms with E-state index in [2.05, 4.69) is 0 Å². The van der Waals surface area contributed by atoms with Gasteiger partial charge in [0.1, 0.15) is 0 Å². The second kappa shape index (κ2) is 5.21. The molecule has 1 amide bonds. The summed E-state index contributed by atoms with van der Waals surface area (Å²) in [5, 5.41) is 0. The van der Waals surface area contributed by atoms with Gasteiger partial charge in [0, 0.05) is 12.1 Å². The minimum atomic E-state index is -4.47. The second-order valence-corrected chi connectivity index (χ2v) is 4.68. The number of carbonyl (C=O) groups is 1.